The van der Waals surface area contributed by atoms with E-state index in [0.29, 0.717) is 0 Å². The molecule has 2 rings (SSSR count). The first-order chi connectivity index (χ1) is 9.91. The molecule has 1 aliphatic rings. The molecule has 2 atom stereocenters. The number of nitrogens with two attached hydrogens (primary N) is 1. The van der Waals surface area contributed by atoms with Crippen molar-refractivity contribution in [2.75, 3.05) is 0 Å². The molecule has 4 N–H and O–H groups in total. The summed E-state index contributed by atoms with van der Waals surface area (Å²) in [6, 6.07) is 1.61. The number of phenols is 1. The predicted molar refractivity (Wildman–Crippen MR) is 82.0 cm³/mol. The Kier molecular flexibility index (Phi) is 5.18. The van der Waals surface area contributed by atoms with Crippen molar-refractivity contribution in [2.24, 2.45) is 11.7 Å². The minimum Gasteiger partial charge on any atom is -0.506 e. The fourth-order valence-corrected chi connectivity index (χ4v) is 3.38. The number of rotatable bonds is 4. The Morgan fingerprint density at radius 2 is 1.95 bits per heavy atom. The molecular weight excluding hydrogens is 340 g/mol. The predicted octanol–water partition coefficient (Wildman–Crippen LogP) is 3.00. The minimum atomic E-state index is -0.843. The number of hydrogen-bond acceptors (Lipinski definition) is 5. The van der Waals surface area contributed by atoms with Crippen LogP contribution < -0.4 is 5.73 Å². The zero-order valence-electron chi connectivity index (χ0n) is 11.5. The lowest BCUT2D eigenvalue weighted by atomic mass is 9.81. The van der Waals surface area contributed by atoms with E-state index in [1.165, 1.54) is 12.1 Å². The summed E-state index contributed by atoms with van der Waals surface area (Å²) in [5, 5.41) is 31.4. The summed E-state index contributed by atoms with van der Waals surface area (Å²) >= 11 is 3.09. The summed E-state index contributed by atoms with van der Waals surface area (Å²) in [6.07, 6.45) is 4.24. The molecule has 0 saturated heterocycles. The van der Waals surface area contributed by atoms with Crippen LogP contribution in [-0.2, 0) is 0 Å². The van der Waals surface area contributed by atoms with Gasteiger partial charge in [-0.15, -0.1) is 0 Å². The van der Waals surface area contributed by atoms with Crippen molar-refractivity contribution in [3.05, 3.63) is 32.3 Å². The van der Waals surface area contributed by atoms with Crippen LogP contribution in [0.15, 0.2) is 16.6 Å². The number of nitrogens with zero attached hydrogens (tertiary/aromatic N) is 1. The van der Waals surface area contributed by atoms with Gasteiger partial charge >= 0.3 is 0 Å². The molecule has 0 bridgehead atoms. The van der Waals surface area contributed by atoms with Gasteiger partial charge in [-0.2, -0.15) is 0 Å². The highest BCUT2D eigenvalue weighted by molar-refractivity contribution is 9.10. The third kappa shape index (κ3) is 3.53. The van der Waals surface area contributed by atoms with Crippen LogP contribution >= 0.6 is 15.9 Å². The fraction of sp³-hybridized carbons (Fsp3) is 0.571. The van der Waals surface area contributed by atoms with Crippen LogP contribution in [0.25, 0.3) is 0 Å². The molecular formula is C14H19BrN2O4. The number of aromatic hydroxyl groups is 1. The van der Waals surface area contributed by atoms with E-state index in [2.05, 4.69) is 15.9 Å². The van der Waals surface area contributed by atoms with Crippen molar-refractivity contribution >= 4 is 21.6 Å². The van der Waals surface area contributed by atoms with Crippen LogP contribution in [-0.4, -0.2) is 21.2 Å². The van der Waals surface area contributed by atoms with Crippen molar-refractivity contribution in [3.63, 3.8) is 0 Å². The zero-order valence-corrected chi connectivity index (χ0v) is 13.1. The van der Waals surface area contributed by atoms with Gasteiger partial charge in [0.15, 0.2) is 0 Å². The van der Waals surface area contributed by atoms with Gasteiger partial charge in [0.2, 0.25) is 0 Å². The molecule has 1 aliphatic carbocycles. The van der Waals surface area contributed by atoms with Gasteiger partial charge < -0.3 is 15.9 Å². The van der Waals surface area contributed by atoms with Crippen LogP contribution in [0.5, 0.6) is 5.75 Å². The van der Waals surface area contributed by atoms with Gasteiger partial charge in [-0.1, -0.05) is 19.3 Å². The number of aliphatic hydroxyl groups excluding tert-OH is 1. The monoisotopic (exact) mass is 358 g/mol. The first-order valence-electron chi connectivity index (χ1n) is 7.02. The molecule has 0 radical (unpaired) electrons. The summed E-state index contributed by atoms with van der Waals surface area (Å²) in [6.45, 7) is 0. The molecule has 0 heterocycles. The summed E-state index contributed by atoms with van der Waals surface area (Å²) in [7, 11) is 0. The molecule has 1 fully saturated rings. The largest absolute Gasteiger partial charge is 0.506 e. The highest BCUT2D eigenvalue weighted by Gasteiger charge is 2.30. The molecule has 1 aromatic carbocycles. The van der Waals surface area contributed by atoms with E-state index in [1.807, 2.05) is 0 Å². The van der Waals surface area contributed by atoms with E-state index < -0.39 is 17.1 Å². The lowest BCUT2D eigenvalue weighted by Gasteiger charge is -2.30. The average molecular weight is 359 g/mol. The molecule has 1 aromatic rings. The van der Waals surface area contributed by atoms with E-state index in [-0.39, 0.29) is 27.4 Å². The van der Waals surface area contributed by atoms with E-state index >= 15 is 0 Å². The Morgan fingerprint density at radius 1 is 1.33 bits per heavy atom. The Balaban J connectivity index is 2.28. The molecule has 0 spiro atoms. The van der Waals surface area contributed by atoms with Crippen LogP contribution in [0.2, 0.25) is 0 Å². The van der Waals surface area contributed by atoms with E-state index in [9.17, 15) is 20.3 Å². The van der Waals surface area contributed by atoms with Crippen molar-refractivity contribution < 1.29 is 15.1 Å². The second-order valence-corrected chi connectivity index (χ2v) is 6.39. The Morgan fingerprint density at radius 3 is 2.52 bits per heavy atom. The quantitative estimate of drug-likeness (QED) is 0.566. The van der Waals surface area contributed by atoms with Gasteiger partial charge in [-0.3, -0.25) is 10.1 Å². The molecule has 0 aromatic heterocycles. The van der Waals surface area contributed by atoms with Crippen LogP contribution in [0.4, 0.5) is 5.69 Å². The molecule has 6 nitrogen and oxygen atoms in total. The number of phenolic OH excluding ortho intramolecular Hbond substituents is 1. The van der Waals surface area contributed by atoms with Gasteiger partial charge in [0.25, 0.3) is 5.69 Å². The first-order valence-corrected chi connectivity index (χ1v) is 7.81. The summed E-state index contributed by atoms with van der Waals surface area (Å²) in [5.74, 6) is -0.0749. The number of benzene rings is 1. The van der Waals surface area contributed by atoms with Crippen molar-refractivity contribution in [2.45, 2.75) is 44.2 Å². The molecule has 21 heavy (non-hydrogen) atoms. The van der Waals surface area contributed by atoms with Crippen LogP contribution in [0.3, 0.4) is 0 Å². The highest BCUT2D eigenvalue weighted by Crippen LogP contribution is 2.39. The SMILES string of the molecule is N[C@@H](c1cc([N+](=O)[O-])cc(Br)c1O)[C@H](O)C1CCCCC1. The normalized spacial score (nSPS) is 19.2. The lowest BCUT2D eigenvalue weighted by Crippen LogP contribution is -2.34. The van der Waals surface area contributed by atoms with Crippen molar-refractivity contribution in [3.8, 4) is 5.75 Å². The average Bonchev–Trinajstić information content (AvgIpc) is 2.49. The number of non-ortho nitro benzene ring substituents is 1. The Hall–Kier alpha value is -1.18. The second-order valence-electron chi connectivity index (χ2n) is 5.54. The molecule has 7 heteroatoms. The van der Waals surface area contributed by atoms with Crippen molar-refractivity contribution in [1.29, 1.82) is 0 Å². The van der Waals surface area contributed by atoms with Crippen molar-refractivity contribution in [1.82, 2.24) is 0 Å². The summed E-state index contributed by atoms with van der Waals surface area (Å²) in [4.78, 5) is 10.4. The summed E-state index contributed by atoms with van der Waals surface area (Å²) < 4.78 is 0.206. The summed E-state index contributed by atoms with van der Waals surface area (Å²) in [5.41, 5.74) is 6.09. The van der Waals surface area contributed by atoms with Gasteiger partial charge in [-0.05, 0) is 34.7 Å². The zero-order chi connectivity index (χ0) is 15.6. The van der Waals surface area contributed by atoms with E-state index in [1.54, 1.807) is 0 Å². The van der Waals surface area contributed by atoms with Gasteiger partial charge in [-0.25, -0.2) is 0 Å². The minimum absolute atomic E-state index is 0.0752. The molecule has 0 aliphatic heterocycles. The Bertz CT molecular complexity index is 532. The molecule has 1 saturated carbocycles. The maximum absolute atomic E-state index is 10.9. The highest BCUT2D eigenvalue weighted by atomic mass is 79.9. The van der Waals surface area contributed by atoms with E-state index in [4.69, 9.17) is 5.73 Å². The molecule has 0 unspecified atom stereocenters. The number of aliphatic hydroxyl groups is 1. The van der Waals surface area contributed by atoms with Gasteiger partial charge in [0.05, 0.1) is 21.5 Å². The number of hydrogen-bond donors (Lipinski definition) is 3. The number of nitro groups is 1. The van der Waals surface area contributed by atoms with Gasteiger partial charge in [0, 0.05) is 17.7 Å². The van der Waals surface area contributed by atoms with Crippen LogP contribution in [0.1, 0.15) is 43.7 Å². The molecule has 0 amide bonds. The maximum atomic E-state index is 10.9. The number of nitro benzene ring substituents is 1. The third-order valence-corrected chi connectivity index (χ3v) is 4.75. The Labute approximate surface area is 131 Å². The lowest BCUT2D eigenvalue weighted by molar-refractivity contribution is -0.385. The topological polar surface area (TPSA) is 110 Å². The smallest absolute Gasteiger partial charge is 0.271 e. The molecule has 116 valence electrons. The van der Waals surface area contributed by atoms with Gasteiger partial charge in [0.1, 0.15) is 5.75 Å². The van der Waals surface area contributed by atoms with E-state index in [0.717, 1.165) is 32.1 Å². The maximum Gasteiger partial charge on any atom is 0.271 e. The first kappa shape index (κ1) is 16.2. The fourth-order valence-electron chi connectivity index (χ4n) is 2.92. The third-order valence-electron chi connectivity index (χ3n) is 4.15. The standard InChI is InChI=1S/C14H19BrN2O4/c15-11-7-9(17(20)21)6-10(14(11)19)12(16)13(18)8-4-2-1-3-5-8/h6-8,12-13,18-19H,1-5,16H2/t12-,13+/m0/s1. The second kappa shape index (κ2) is 6.72. The van der Waals surface area contributed by atoms with Crippen LogP contribution in [0, 0.1) is 16.0 Å². The number of halogens is 1.